The lowest BCUT2D eigenvalue weighted by Gasteiger charge is -2.26. The van der Waals surface area contributed by atoms with Gasteiger partial charge in [0, 0.05) is 31.0 Å². The highest BCUT2D eigenvalue weighted by molar-refractivity contribution is 5.83. The van der Waals surface area contributed by atoms with Crippen LogP contribution in [0.3, 0.4) is 0 Å². The molecule has 0 aliphatic carbocycles. The Kier molecular flexibility index (Phi) is 4.61. The average Bonchev–Trinajstić information content (AvgIpc) is 3.13. The highest BCUT2D eigenvalue weighted by Crippen LogP contribution is 2.19. The summed E-state index contributed by atoms with van der Waals surface area (Å²) in [6.07, 6.45) is 5.70. The van der Waals surface area contributed by atoms with Crippen molar-refractivity contribution in [3.8, 4) is 11.3 Å². The molecule has 3 heterocycles. The SMILES string of the molecule is N/C(=N/N=C/c1ccc(-c2cn3ccccc3n2)cc1)N1CCOCC1. The first kappa shape index (κ1) is 16.3. The van der Waals surface area contributed by atoms with Gasteiger partial charge >= 0.3 is 0 Å². The monoisotopic (exact) mass is 348 g/mol. The van der Waals surface area contributed by atoms with Crippen molar-refractivity contribution in [3.05, 3.63) is 60.4 Å². The van der Waals surface area contributed by atoms with E-state index in [-0.39, 0.29) is 0 Å². The van der Waals surface area contributed by atoms with Crippen molar-refractivity contribution in [2.75, 3.05) is 26.3 Å². The Labute approximate surface area is 151 Å². The van der Waals surface area contributed by atoms with E-state index in [9.17, 15) is 0 Å². The lowest BCUT2D eigenvalue weighted by Crippen LogP contribution is -2.44. The zero-order valence-electron chi connectivity index (χ0n) is 14.3. The first-order chi connectivity index (χ1) is 12.8. The normalized spacial score (nSPS) is 15.8. The standard InChI is InChI=1S/C19H20N6O/c20-19(24-9-11-26-12-10-24)23-21-13-15-4-6-16(7-5-15)17-14-25-8-2-1-3-18(25)22-17/h1-8,13-14H,9-12H2,(H2,20,23)/b21-13+. The van der Waals surface area contributed by atoms with Gasteiger partial charge in [-0.25, -0.2) is 4.98 Å². The molecule has 1 aliphatic heterocycles. The number of nitrogens with zero attached hydrogens (tertiary/aromatic N) is 5. The number of ether oxygens (including phenoxy) is 1. The molecule has 1 saturated heterocycles. The number of benzene rings is 1. The van der Waals surface area contributed by atoms with Crippen molar-refractivity contribution < 1.29 is 4.74 Å². The summed E-state index contributed by atoms with van der Waals surface area (Å²) < 4.78 is 7.30. The van der Waals surface area contributed by atoms with E-state index in [0.29, 0.717) is 19.2 Å². The third-order valence-electron chi connectivity index (χ3n) is 4.27. The maximum Gasteiger partial charge on any atom is 0.216 e. The molecule has 0 radical (unpaired) electrons. The lowest BCUT2D eigenvalue weighted by molar-refractivity contribution is 0.0674. The molecule has 1 aliphatic rings. The molecule has 0 atom stereocenters. The Morgan fingerprint density at radius 3 is 2.69 bits per heavy atom. The largest absolute Gasteiger partial charge is 0.378 e. The quantitative estimate of drug-likeness (QED) is 0.446. The molecule has 0 amide bonds. The van der Waals surface area contributed by atoms with Crippen LogP contribution >= 0.6 is 0 Å². The zero-order chi connectivity index (χ0) is 17.8. The Morgan fingerprint density at radius 2 is 1.92 bits per heavy atom. The molecule has 132 valence electrons. The molecule has 2 aromatic heterocycles. The molecule has 3 aromatic rings. The number of imidazole rings is 1. The highest BCUT2D eigenvalue weighted by Gasteiger charge is 2.11. The third kappa shape index (κ3) is 3.57. The van der Waals surface area contributed by atoms with Crippen molar-refractivity contribution in [3.63, 3.8) is 0 Å². The molecule has 1 aromatic carbocycles. The Hall–Kier alpha value is -3.19. The first-order valence-corrected chi connectivity index (χ1v) is 8.53. The molecule has 0 unspecified atom stereocenters. The van der Waals surface area contributed by atoms with E-state index in [1.165, 1.54) is 0 Å². The minimum atomic E-state index is 0.422. The van der Waals surface area contributed by atoms with E-state index >= 15 is 0 Å². The minimum Gasteiger partial charge on any atom is -0.378 e. The smallest absolute Gasteiger partial charge is 0.216 e. The Morgan fingerprint density at radius 1 is 1.12 bits per heavy atom. The summed E-state index contributed by atoms with van der Waals surface area (Å²) in [4.78, 5) is 6.59. The number of rotatable bonds is 3. The van der Waals surface area contributed by atoms with Gasteiger partial charge in [-0.3, -0.25) is 0 Å². The van der Waals surface area contributed by atoms with Crippen LogP contribution in [-0.2, 0) is 4.74 Å². The maximum atomic E-state index is 5.95. The summed E-state index contributed by atoms with van der Waals surface area (Å²) >= 11 is 0. The van der Waals surface area contributed by atoms with Crippen LogP contribution in [0.5, 0.6) is 0 Å². The Bertz CT molecular complexity index is 905. The van der Waals surface area contributed by atoms with Crippen LogP contribution in [-0.4, -0.2) is 52.8 Å². The van der Waals surface area contributed by atoms with Gasteiger partial charge in [-0.2, -0.15) is 5.10 Å². The number of pyridine rings is 1. The van der Waals surface area contributed by atoms with E-state index in [2.05, 4.69) is 15.2 Å². The molecule has 26 heavy (non-hydrogen) atoms. The van der Waals surface area contributed by atoms with Crippen molar-refractivity contribution in [1.29, 1.82) is 0 Å². The summed E-state index contributed by atoms with van der Waals surface area (Å²) in [5.74, 6) is 0.422. The number of morpholine rings is 1. The molecule has 2 N–H and O–H groups in total. The second-order valence-electron chi connectivity index (χ2n) is 6.02. The second kappa shape index (κ2) is 7.37. The van der Waals surface area contributed by atoms with Crippen molar-refractivity contribution >= 4 is 17.8 Å². The van der Waals surface area contributed by atoms with E-state index in [1.807, 2.05) is 64.2 Å². The van der Waals surface area contributed by atoms with Gasteiger partial charge in [0.25, 0.3) is 0 Å². The predicted molar refractivity (Wildman–Crippen MR) is 102 cm³/mol. The molecule has 0 bridgehead atoms. The number of hydrogen-bond acceptors (Lipinski definition) is 4. The fourth-order valence-corrected chi connectivity index (χ4v) is 2.82. The molecule has 0 saturated carbocycles. The molecule has 1 fully saturated rings. The number of aromatic nitrogens is 2. The van der Waals surface area contributed by atoms with Gasteiger partial charge in [-0.15, -0.1) is 5.10 Å². The van der Waals surface area contributed by atoms with Crippen LogP contribution in [0, 0.1) is 0 Å². The van der Waals surface area contributed by atoms with Gasteiger partial charge in [0.15, 0.2) is 0 Å². The van der Waals surface area contributed by atoms with Gasteiger partial charge in [-0.1, -0.05) is 30.3 Å². The second-order valence-corrected chi connectivity index (χ2v) is 6.02. The van der Waals surface area contributed by atoms with Crippen LogP contribution in [0.25, 0.3) is 16.9 Å². The fourth-order valence-electron chi connectivity index (χ4n) is 2.82. The van der Waals surface area contributed by atoms with Crippen LogP contribution in [0.4, 0.5) is 0 Å². The summed E-state index contributed by atoms with van der Waals surface area (Å²) in [6.45, 7) is 2.84. The van der Waals surface area contributed by atoms with Crippen molar-refractivity contribution in [2.24, 2.45) is 15.9 Å². The number of guanidine groups is 1. The Balaban J connectivity index is 1.45. The van der Waals surface area contributed by atoms with Gasteiger partial charge in [0.1, 0.15) is 5.65 Å². The lowest BCUT2D eigenvalue weighted by atomic mass is 10.1. The number of hydrogen-bond donors (Lipinski definition) is 1. The zero-order valence-corrected chi connectivity index (χ0v) is 14.3. The molecular formula is C19H20N6O. The van der Waals surface area contributed by atoms with Crippen LogP contribution in [0.1, 0.15) is 5.56 Å². The van der Waals surface area contributed by atoms with Gasteiger partial charge in [0.05, 0.1) is 25.1 Å². The molecular weight excluding hydrogens is 328 g/mol. The summed E-state index contributed by atoms with van der Waals surface area (Å²) in [7, 11) is 0. The van der Waals surface area contributed by atoms with E-state index in [0.717, 1.165) is 35.6 Å². The number of nitrogens with two attached hydrogens (primary N) is 1. The van der Waals surface area contributed by atoms with Crippen LogP contribution in [0.15, 0.2) is 65.1 Å². The van der Waals surface area contributed by atoms with Crippen molar-refractivity contribution in [2.45, 2.75) is 0 Å². The molecule has 0 spiro atoms. The average molecular weight is 348 g/mol. The first-order valence-electron chi connectivity index (χ1n) is 8.53. The van der Waals surface area contributed by atoms with Gasteiger partial charge < -0.3 is 19.8 Å². The fraction of sp³-hybridized carbons (Fsp3) is 0.211. The molecule has 4 rings (SSSR count). The summed E-state index contributed by atoms with van der Waals surface area (Å²) in [5.41, 5.74) is 9.83. The topological polar surface area (TPSA) is 80.5 Å². The summed E-state index contributed by atoms with van der Waals surface area (Å²) in [6, 6.07) is 14.0. The highest BCUT2D eigenvalue weighted by atomic mass is 16.5. The van der Waals surface area contributed by atoms with Crippen molar-refractivity contribution in [1.82, 2.24) is 14.3 Å². The van der Waals surface area contributed by atoms with Gasteiger partial charge in [0.2, 0.25) is 5.96 Å². The van der Waals surface area contributed by atoms with Crippen LogP contribution in [0.2, 0.25) is 0 Å². The minimum absolute atomic E-state index is 0.422. The number of fused-ring (bicyclic) bond motifs is 1. The third-order valence-corrected chi connectivity index (χ3v) is 4.27. The maximum absolute atomic E-state index is 5.95. The van der Waals surface area contributed by atoms with Crippen LogP contribution < -0.4 is 5.73 Å². The van der Waals surface area contributed by atoms with E-state index in [1.54, 1.807) is 6.21 Å². The predicted octanol–water partition coefficient (Wildman–Crippen LogP) is 1.98. The summed E-state index contributed by atoms with van der Waals surface area (Å²) in [5, 5.41) is 8.16. The van der Waals surface area contributed by atoms with E-state index in [4.69, 9.17) is 10.5 Å². The molecule has 7 nitrogen and oxygen atoms in total. The van der Waals surface area contributed by atoms with Gasteiger partial charge in [-0.05, 0) is 17.7 Å². The van der Waals surface area contributed by atoms with E-state index < -0.39 is 0 Å². The molecule has 7 heteroatoms.